The van der Waals surface area contributed by atoms with E-state index in [-0.39, 0.29) is 5.91 Å². The maximum Gasteiger partial charge on any atom is 0.264 e. The normalized spacial score (nSPS) is 16.6. The molecule has 1 amide bonds. The monoisotopic (exact) mass is 462 g/mol. The maximum atomic E-state index is 12.4. The Kier molecular flexibility index (Phi) is 6.42. The number of carbonyl (C=O) groups is 1. The van der Waals surface area contributed by atoms with E-state index in [1.807, 2.05) is 43.3 Å². The first-order chi connectivity index (χ1) is 13.0. The summed E-state index contributed by atoms with van der Waals surface area (Å²) in [6.45, 7) is 5.94. The third-order valence-electron chi connectivity index (χ3n) is 3.73. The number of ether oxygens (including phenoxy) is 1. The largest absolute Gasteiger partial charge is 0.489 e. The molecular formula is C20H16BrClN2O2S. The van der Waals surface area contributed by atoms with Crippen molar-refractivity contribution in [3.8, 4) is 5.75 Å². The van der Waals surface area contributed by atoms with Crippen LogP contribution in [0.25, 0.3) is 6.08 Å². The van der Waals surface area contributed by atoms with Crippen molar-refractivity contribution in [3.63, 3.8) is 0 Å². The summed E-state index contributed by atoms with van der Waals surface area (Å²) in [5, 5.41) is 3.94. The lowest BCUT2D eigenvalue weighted by molar-refractivity contribution is -0.115. The molecular weight excluding hydrogens is 448 g/mol. The molecule has 1 aliphatic heterocycles. The van der Waals surface area contributed by atoms with E-state index in [1.54, 1.807) is 12.2 Å². The molecule has 3 rings (SSSR count). The average molecular weight is 464 g/mol. The van der Waals surface area contributed by atoms with Crippen molar-refractivity contribution >= 4 is 62.1 Å². The molecule has 1 saturated heterocycles. The quantitative estimate of drug-likeness (QED) is 0.446. The highest BCUT2D eigenvalue weighted by molar-refractivity contribution is 9.10. The van der Waals surface area contributed by atoms with Gasteiger partial charge in [0, 0.05) is 15.1 Å². The van der Waals surface area contributed by atoms with E-state index in [1.165, 1.54) is 11.8 Å². The van der Waals surface area contributed by atoms with Crippen LogP contribution in [0, 0.1) is 6.92 Å². The summed E-state index contributed by atoms with van der Waals surface area (Å²) in [5.41, 5.74) is 2.39. The third-order valence-corrected chi connectivity index (χ3v) is 5.54. The van der Waals surface area contributed by atoms with Crippen LogP contribution in [0.4, 0.5) is 5.69 Å². The summed E-state index contributed by atoms with van der Waals surface area (Å²) < 4.78 is 6.56. The van der Waals surface area contributed by atoms with Gasteiger partial charge in [0.1, 0.15) is 12.4 Å². The lowest BCUT2D eigenvalue weighted by atomic mass is 10.2. The number of aliphatic imine (C=N–C) groups is 1. The fraction of sp³-hybridized carbons (Fsp3) is 0.100. The Morgan fingerprint density at radius 3 is 2.96 bits per heavy atom. The van der Waals surface area contributed by atoms with Gasteiger partial charge < -0.3 is 10.1 Å². The highest BCUT2D eigenvalue weighted by Gasteiger charge is 2.24. The number of carbonyl (C=O) groups excluding carboxylic acids is 1. The van der Waals surface area contributed by atoms with Crippen molar-refractivity contribution in [2.24, 2.45) is 4.99 Å². The number of rotatable bonds is 5. The standard InChI is InChI=1S/C20H16BrClN2O2S/c1-3-9-26-17-8-7-14(21)10-13(17)11-18-19(25)24-20(27-18)23-16-6-4-5-15(22)12(16)2/h3-8,10-11H,1,9H2,2H3,(H,23,24,25)/b18-11-. The Labute approximate surface area is 175 Å². The van der Waals surface area contributed by atoms with Crippen LogP contribution >= 0.6 is 39.3 Å². The summed E-state index contributed by atoms with van der Waals surface area (Å²) in [4.78, 5) is 17.4. The number of halogens is 2. The Bertz CT molecular complexity index is 972. The molecule has 1 fully saturated rings. The van der Waals surface area contributed by atoms with Crippen LogP contribution in [0.2, 0.25) is 5.02 Å². The average Bonchev–Trinajstić information content (AvgIpc) is 2.97. The van der Waals surface area contributed by atoms with Crippen LogP contribution < -0.4 is 10.1 Å². The first-order valence-corrected chi connectivity index (χ1v) is 10.0. The molecule has 2 aromatic rings. The molecule has 27 heavy (non-hydrogen) atoms. The molecule has 0 aromatic heterocycles. The summed E-state index contributed by atoms with van der Waals surface area (Å²) in [7, 11) is 0. The van der Waals surface area contributed by atoms with Crippen molar-refractivity contribution in [1.82, 2.24) is 5.32 Å². The van der Waals surface area contributed by atoms with Crippen LogP contribution in [0.3, 0.4) is 0 Å². The smallest absolute Gasteiger partial charge is 0.264 e. The molecule has 138 valence electrons. The van der Waals surface area contributed by atoms with E-state index in [4.69, 9.17) is 16.3 Å². The van der Waals surface area contributed by atoms with Gasteiger partial charge in [-0.15, -0.1) is 0 Å². The summed E-state index contributed by atoms with van der Waals surface area (Å²) in [6, 6.07) is 11.1. The molecule has 0 saturated carbocycles. The summed E-state index contributed by atoms with van der Waals surface area (Å²) >= 11 is 10.9. The molecule has 2 aromatic carbocycles. The minimum absolute atomic E-state index is 0.201. The molecule has 1 N–H and O–H groups in total. The Morgan fingerprint density at radius 1 is 1.37 bits per heavy atom. The topological polar surface area (TPSA) is 50.7 Å². The second-order valence-corrected chi connectivity index (χ2v) is 8.00. The first kappa shape index (κ1) is 19.7. The van der Waals surface area contributed by atoms with Crippen LogP contribution in [0.5, 0.6) is 5.75 Å². The first-order valence-electron chi connectivity index (χ1n) is 8.06. The molecule has 0 bridgehead atoms. The van der Waals surface area contributed by atoms with Gasteiger partial charge in [0.2, 0.25) is 0 Å². The Balaban J connectivity index is 1.90. The minimum Gasteiger partial charge on any atom is -0.489 e. The van der Waals surface area contributed by atoms with E-state index in [0.717, 1.165) is 21.3 Å². The van der Waals surface area contributed by atoms with Gasteiger partial charge in [-0.1, -0.05) is 46.3 Å². The van der Waals surface area contributed by atoms with Crippen molar-refractivity contribution < 1.29 is 9.53 Å². The number of amides is 1. The van der Waals surface area contributed by atoms with Gasteiger partial charge in [0.05, 0.1) is 10.6 Å². The zero-order chi connectivity index (χ0) is 19.4. The number of hydrogen-bond donors (Lipinski definition) is 1. The van der Waals surface area contributed by atoms with Gasteiger partial charge in [0.25, 0.3) is 5.91 Å². The molecule has 0 radical (unpaired) electrons. The van der Waals surface area contributed by atoms with Crippen LogP contribution in [-0.4, -0.2) is 17.7 Å². The van der Waals surface area contributed by atoms with Crippen molar-refractivity contribution in [2.75, 3.05) is 6.61 Å². The van der Waals surface area contributed by atoms with E-state index < -0.39 is 0 Å². The second-order valence-electron chi connectivity index (χ2n) is 5.65. The van der Waals surface area contributed by atoms with E-state index >= 15 is 0 Å². The van der Waals surface area contributed by atoms with Gasteiger partial charge in [-0.2, -0.15) is 0 Å². The lowest BCUT2D eigenvalue weighted by Gasteiger charge is -2.08. The number of amidine groups is 1. The Hall–Kier alpha value is -2.02. The number of hydrogen-bond acceptors (Lipinski definition) is 4. The SMILES string of the molecule is C=CCOc1ccc(Br)cc1/C=C1\SC(=Nc2cccc(Cl)c2C)NC1=O. The van der Waals surface area contributed by atoms with E-state index in [2.05, 4.69) is 32.8 Å². The molecule has 0 unspecified atom stereocenters. The molecule has 4 nitrogen and oxygen atoms in total. The molecule has 7 heteroatoms. The molecule has 0 atom stereocenters. The minimum atomic E-state index is -0.201. The van der Waals surface area contributed by atoms with Crippen molar-refractivity contribution in [2.45, 2.75) is 6.92 Å². The predicted molar refractivity (Wildman–Crippen MR) is 117 cm³/mol. The maximum absolute atomic E-state index is 12.4. The fourth-order valence-electron chi connectivity index (χ4n) is 2.36. The summed E-state index contributed by atoms with van der Waals surface area (Å²) in [6.07, 6.45) is 3.46. The van der Waals surface area contributed by atoms with Gasteiger partial charge in [0.15, 0.2) is 5.17 Å². The predicted octanol–water partition coefficient (Wildman–Crippen LogP) is 5.87. The highest BCUT2D eigenvalue weighted by atomic mass is 79.9. The Morgan fingerprint density at radius 2 is 2.19 bits per heavy atom. The van der Waals surface area contributed by atoms with E-state index in [0.29, 0.717) is 27.5 Å². The number of benzene rings is 2. The number of thioether (sulfide) groups is 1. The van der Waals surface area contributed by atoms with Crippen LogP contribution in [0.15, 0.2) is 63.4 Å². The van der Waals surface area contributed by atoms with Crippen molar-refractivity contribution in [1.29, 1.82) is 0 Å². The third kappa shape index (κ3) is 4.83. The van der Waals surface area contributed by atoms with Gasteiger partial charge in [-0.05, 0) is 60.7 Å². The van der Waals surface area contributed by atoms with Crippen molar-refractivity contribution in [3.05, 3.63) is 74.6 Å². The van der Waals surface area contributed by atoms with Gasteiger partial charge in [-0.3, -0.25) is 4.79 Å². The molecule has 0 spiro atoms. The fourth-order valence-corrected chi connectivity index (χ4v) is 3.73. The van der Waals surface area contributed by atoms with Gasteiger partial charge >= 0.3 is 0 Å². The summed E-state index contributed by atoms with van der Waals surface area (Å²) in [5.74, 6) is 0.475. The van der Waals surface area contributed by atoms with Crippen LogP contribution in [-0.2, 0) is 4.79 Å². The molecule has 0 aliphatic carbocycles. The number of nitrogens with one attached hydrogen (secondary N) is 1. The van der Waals surface area contributed by atoms with Crippen LogP contribution in [0.1, 0.15) is 11.1 Å². The highest BCUT2D eigenvalue weighted by Crippen LogP contribution is 2.33. The van der Waals surface area contributed by atoms with E-state index in [9.17, 15) is 4.79 Å². The number of nitrogens with zero attached hydrogens (tertiary/aromatic N) is 1. The molecule has 1 aliphatic rings. The molecule has 1 heterocycles. The zero-order valence-electron chi connectivity index (χ0n) is 14.5. The second kappa shape index (κ2) is 8.78. The lowest BCUT2D eigenvalue weighted by Crippen LogP contribution is -2.19. The zero-order valence-corrected chi connectivity index (χ0v) is 17.6. The van der Waals surface area contributed by atoms with Gasteiger partial charge in [-0.25, -0.2) is 4.99 Å².